The molecule has 0 saturated heterocycles. The van der Waals surface area contributed by atoms with Crippen LogP contribution in [0.25, 0.3) is 0 Å². The Labute approximate surface area is 71.9 Å². The minimum atomic E-state index is -2.29. The third kappa shape index (κ3) is 1.68. The quantitative estimate of drug-likeness (QED) is 0.666. The summed E-state index contributed by atoms with van der Waals surface area (Å²) in [5.74, 6) is -2.29. The summed E-state index contributed by atoms with van der Waals surface area (Å²) < 4.78 is 30.8. The molecular weight excluding hydrogens is 218 g/mol. The summed E-state index contributed by atoms with van der Waals surface area (Å²) in [5.41, 5.74) is 0. The van der Waals surface area contributed by atoms with Crippen LogP contribution in [0.15, 0.2) is 22.7 Å². The maximum atomic E-state index is 13.1. The van der Waals surface area contributed by atoms with Gasteiger partial charge < -0.3 is 4.74 Å². The van der Waals surface area contributed by atoms with Crippen LogP contribution in [-0.2, 0) is 4.74 Å². The van der Waals surface area contributed by atoms with Gasteiger partial charge in [0, 0.05) is 11.6 Å². The van der Waals surface area contributed by atoms with E-state index in [0.29, 0.717) is 4.48 Å². The van der Waals surface area contributed by atoms with Gasteiger partial charge in [-0.1, -0.05) is 15.9 Å². The Bertz CT molecular complexity index is 214. The summed E-state index contributed by atoms with van der Waals surface area (Å²) in [6.45, 7) is 0. The lowest BCUT2D eigenvalue weighted by Gasteiger charge is -2.24. The molecule has 0 N–H and O–H groups in total. The predicted octanol–water partition coefficient (Wildman–Crippen LogP) is 2.49. The molecule has 0 aromatic heterocycles. The molecule has 0 aromatic carbocycles. The number of halogens is 3. The molecule has 1 nitrogen and oxygen atoms in total. The first-order valence-electron chi connectivity index (χ1n) is 3.03. The van der Waals surface area contributed by atoms with Crippen LogP contribution in [-0.4, -0.2) is 19.1 Å². The zero-order valence-electron chi connectivity index (χ0n) is 5.85. The molecule has 2 atom stereocenters. The molecule has 1 rings (SSSR count). The first kappa shape index (κ1) is 8.87. The van der Waals surface area contributed by atoms with Gasteiger partial charge in [0.1, 0.15) is 0 Å². The normalized spacial score (nSPS) is 37.1. The zero-order chi connectivity index (χ0) is 8.48. The molecule has 1 aliphatic rings. The zero-order valence-corrected chi connectivity index (χ0v) is 7.44. The van der Waals surface area contributed by atoms with Crippen LogP contribution >= 0.6 is 15.9 Å². The van der Waals surface area contributed by atoms with E-state index in [1.807, 2.05) is 0 Å². The number of ether oxygens (including phenoxy) is 1. The first-order chi connectivity index (χ1) is 5.08. The van der Waals surface area contributed by atoms with E-state index in [1.54, 1.807) is 0 Å². The molecule has 0 fully saturated rings. The molecule has 2 unspecified atom stereocenters. The summed E-state index contributed by atoms with van der Waals surface area (Å²) >= 11 is 3.02. The highest BCUT2D eigenvalue weighted by Crippen LogP contribution is 2.30. The Morgan fingerprint density at radius 3 is 2.82 bits per heavy atom. The van der Waals surface area contributed by atoms with Crippen LogP contribution in [0.3, 0.4) is 0 Å². The maximum absolute atomic E-state index is 13.1. The summed E-state index contributed by atoms with van der Waals surface area (Å²) in [7, 11) is 1.13. The van der Waals surface area contributed by atoms with Crippen molar-refractivity contribution in [2.75, 3.05) is 7.11 Å². The number of hydrogen-bond donors (Lipinski definition) is 0. The van der Waals surface area contributed by atoms with Crippen molar-refractivity contribution in [1.29, 1.82) is 0 Å². The molecule has 0 bridgehead atoms. The van der Waals surface area contributed by atoms with E-state index in [0.717, 1.165) is 19.3 Å². The Kier molecular flexibility index (Phi) is 2.44. The Balaban J connectivity index is 2.84. The summed E-state index contributed by atoms with van der Waals surface area (Å²) in [6, 6.07) is 0. The van der Waals surface area contributed by atoms with E-state index in [9.17, 15) is 8.78 Å². The molecule has 0 amide bonds. The van der Waals surface area contributed by atoms with Crippen molar-refractivity contribution in [1.82, 2.24) is 0 Å². The minimum absolute atomic E-state index is 0.523. The van der Waals surface area contributed by atoms with E-state index in [4.69, 9.17) is 0 Å². The van der Waals surface area contributed by atoms with Crippen LogP contribution in [0.5, 0.6) is 0 Å². The fourth-order valence-corrected chi connectivity index (χ4v) is 1.14. The second-order valence-corrected chi connectivity index (χ2v) is 3.10. The highest BCUT2D eigenvalue weighted by Gasteiger charge is 2.37. The average Bonchev–Trinajstić information content (AvgIpc) is 1.98. The van der Waals surface area contributed by atoms with E-state index >= 15 is 0 Å². The molecule has 0 spiro atoms. The van der Waals surface area contributed by atoms with Gasteiger partial charge in [0.05, 0.1) is 0 Å². The maximum Gasteiger partial charge on any atom is 0.263 e. The van der Waals surface area contributed by atoms with Crippen LogP contribution < -0.4 is 0 Å². The predicted molar refractivity (Wildman–Crippen MR) is 41.9 cm³/mol. The van der Waals surface area contributed by atoms with Crippen molar-refractivity contribution in [3.8, 4) is 0 Å². The summed E-state index contributed by atoms with van der Waals surface area (Å²) in [5, 5.41) is 0. The molecule has 11 heavy (non-hydrogen) atoms. The molecule has 0 radical (unpaired) electrons. The lowest BCUT2D eigenvalue weighted by Crippen LogP contribution is -2.35. The van der Waals surface area contributed by atoms with E-state index in [1.165, 1.54) is 6.08 Å². The fourth-order valence-electron chi connectivity index (χ4n) is 0.775. The second-order valence-electron chi connectivity index (χ2n) is 2.19. The van der Waals surface area contributed by atoms with Crippen molar-refractivity contribution in [2.45, 2.75) is 12.0 Å². The Morgan fingerprint density at radius 1 is 1.73 bits per heavy atom. The van der Waals surface area contributed by atoms with Crippen molar-refractivity contribution in [2.24, 2.45) is 0 Å². The van der Waals surface area contributed by atoms with Crippen molar-refractivity contribution >= 4 is 15.9 Å². The van der Waals surface area contributed by atoms with Crippen LogP contribution in [0.2, 0.25) is 0 Å². The number of methoxy groups -OCH3 is 1. The fraction of sp³-hybridized carbons (Fsp3) is 0.429. The van der Waals surface area contributed by atoms with Gasteiger partial charge in [-0.25, -0.2) is 8.78 Å². The molecule has 0 saturated carbocycles. The van der Waals surface area contributed by atoms with Gasteiger partial charge in [-0.2, -0.15) is 0 Å². The number of hydrogen-bond acceptors (Lipinski definition) is 1. The summed E-state index contributed by atoms with van der Waals surface area (Å²) in [6.07, 6.45) is 1.83. The third-order valence-electron chi connectivity index (χ3n) is 1.46. The Hall–Kier alpha value is -0.220. The smallest absolute Gasteiger partial charge is 0.263 e. The van der Waals surface area contributed by atoms with Gasteiger partial charge in [-0.05, 0) is 18.2 Å². The lowest BCUT2D eigenvalue weighted by atomic mass is 10.1. The van der Waals surface area contributed by atoms with Crippen molar-refractivity contribution in [3.63, 3.8) is 0 Å². The molecule has 0 aliphatic heterocycles. The highest BCUT2D eigenvalue weighted by molar-refractivity contribution is 9.11. The molecular formula is C7H7BrF2O. The highest BCUT2D eigenvalue weighted by atomic mass is 79.9. The summed E-state index contributed by atoms with van der Waals surface area (Å²) in [4.78, 5) is 0. The molecule has 1 aliphatic carbocycles. The first-order valence-corrected chi connectivity index (χ1v) is 3.82. The number of alkyl halides is 2. The molecule has 0 heterocycles. The average molecular weight is 225 g/mol. The van der Waals surface area contributed by atoms with Gasteiger partial charge in [-0.15, -0.1) is 0 Å². The largest absolute Gasteiger partial charge is 0.344 e. The van der Waals surface area contributed by atoms with Gasteiger partial charge in [-0.3, -0.25) is 0 Å². The van der Waals surface area contributed by atoms with Crippen LogP contribution in [0.1, 0.15) is 0 Å². The van der Waals surface area contributed by atoms with E-state index < -0.39 is 12.0 Å². The van der Waals surface area contributed by atoms with Gasteiger partial charge in [0.2, 0.25) is 0 Å². The second kappa shape index (κ2) is 3.03. The van der Waals surface area contributed by atoms with Gasteiger partial charge in [0.15, 0.2) is 6.17 Å². The number of allylic oxidation sites excluding steroid dienone is 2. The minimum Gasteiger partial charge on any atom is -0.344 e. The number of rotatable bonds is 1. The van der Waals surface area contributed by atoms with E-state index in [-0.39, 0.29) is 0 Å². The lowest BCUT2D eigenvalue weighted by molar-refractivity contribution is -0.117. The molecule has 4 heteroatoms. The van der Waals surface area contributed by atoms with Crippen LogP contribution in [0.4, 0.5) is 8.78 Å². The van der Waals surface area contributed by atoms with Crippen LogP contribution in [0, 0.1) is 0 Å². The third-order valence-corrected chi connectivity index (χ3v) is 1.99. The van der Waals surface area contributed by atoms with E-state index in [2.05, 4.69) is 20.7 Å². The van der Waals surface area contributed by atoms with Gasteiger partial charge in [0.25, 0.3) is 5.85 Å². The van der Waals surface area contributed by atoms with Crippen molar-refractivity contribution in [3.05, 3.63) is 22.7 Å². The molecule has 0 aromatic rings. The van der Waals surface area contributed by atoms with Gasteiger partial charge >= 0.3 is 0 Å². The monoisotopic (exact) mass is 224 g/mol. The standard InChI is InChI=1S/C7H7BrF2O/c1-11-7(10)3-2-5(8)4-6(7)9/h2-4,6H,1H3. The SMILES string of the molecule is COC1(F)C=CC(Br)=CC1F. The molecule has 62 valence electrons. The topological polar surface area (TPSA) is 9.23 Å². The van der Waals surface area contributed by atoms with Crippen molar-refractivity contribution < 1.29 is 13.5 Å². The Morgan fingerprint density at radius 2 is 2.36 bits per heavy atom.